The number of rotatable bonds is 19. The van der Waals surface area contributed by atoms with Gasteiger partial charge in [0, 0.05) is 61.8 Å². The summed E-state index contributed by atoms with van der Waals surface area (Å²) in [5.41, 5.74) is -0.252. The smallest absolute Gasteiger partial charge is 0.332 e. The minimum absolute atomic E-state index is 0.118. The molecule has 0 amide bonds. The molecule has 23 nitrogen and oxygen atoms in total. The van der Waals surface area contributed by atoms with E-state index in [1.807, 2.05) is 6.07 Å². The van der Waals surface area contributed by atoms with Gasteiger partial charge in [-0.05, 0) is 33.7 Å². The van der Waals surface area contributed by atoms with E-state index in [0.717, 1.165) is 41.5 Å². The van der Waals surface area contributed by atoms with Crippen LogP contribution in [0.15, 0.2) is 30.3 Å². The Morgan fingerprint density at radius 1 is 0.583 bits per heavy atom. The Morgan fingerprint density at radius 3 is 1.61 bits per heavy atom. The van der Waals surface area contributed by atoms with Crippen molar-refractivity contribution in [1.82, 2.24) is 0 Å². The van der Waals surface area contributed by atoms with Crippen LogP contribution >= 0.6 is 0 Å². The number of benzene rings is 1. The number of fused-ring (bicyclic) bond motifs is 1. The molecular formula is C48H70O23Si. The van der Waals surface area contributed by atoms with Crippen LogP contribution < -0.4 is 0 Å². The quantitative estimate of drug-likeness (QED) is 0.109. The van der Waals surface area contributed by atoms with Crippen molar-refractivity contribution in [2.24, 2.45) is 0 Å². The van der Waals surface area contributed by atoms with Crippen LogP contribution in [0, 0.1) is 0 Å². The van der Waals surface area contributed by atoms with Crippen LogP contribution in [0.3, 0.4) is 0 Å². The van der Waals surface area contributed by atoms with Crippen LogP contribution in [0.25, 0.3) is 0 Å². The highest BCUT2D eigenvalue weighted by Gasteiger charge is 2.58. The normalized spacial score (nSPS) is 32.7. The Hall–Kier alpha value is -4.63. The van der Waals surface area contributed by atoms with Crippen LogP contribution in [0.1, 0.15) is 81.1 Å². The lowest BCUT2D eigenvalue weighted by atomic mass is 9.95. The molecule has 0 aromatic heterocycles. The summed E-state index contributed by atoms with van der Waals surface area (Å²) in [6.45, 7) is 18.4. The Morgan fingerprint density at radius 2 is 1.08 bits per heavy atom. The predicted octanol–water partition coefficient (Wildman–Crippen LogP) is 3.37. The van der Waals surface area contributed by atoms with Crippen LogP contribution in [0.2, 0.25) is 25.7 Å². The molecule has 4 saturated heterocycles. The number of esters is 7. The molecule has 4 aliphatic heterocycles. The van der Waals surface area contributed by atoms with Crippen molar-refractivity contribution in [3.8, 4) is 0 Å². The van der Waals surface area contributed by atoms with E-state index < -0.39 is 167 Å². The Kier molecular flexibility index (Phi) is 20.7. The SMILES string of the molecule is CC(=O)O[C@@H]1[C@@H](OC(C)=O)[C@H](OCC[Si](C)(C)C)O[C@H](CO[C@@H]2O[C@@H](C)[C@@H](OC(C)=O)[C@@H](OC(C)=O)[C@@H]2OC(C)=O)[C@H]1O[C@@H]1O[C@@H]2CO[C@H](c3ccccc3)O[C@@H]2[C@H](OCC(=O)OC(C)(C)C)[C@H]1OC(C)=O. The number of hydrogen-bond acceptors (Lipinski definition) is 23. The highest BCUT2D eigenvalue weighted by Crippen LogP contribution is 2.40. The van der Waals surface area contributed by atoms with Gasteiger partial charge in [-0.2, -0.15) is 0 Å². The fourth-order valence-electron chi connectivity index (χ4n) is 8.36. The van der Waals surface area contributed by atoms with Gasteiger partial charge in [0.1, 0.15) is 42.7 Å². The summed E-state index contributed by atoms with van der Waals surface area (Å²) in [4.78, 5) is 89.6. The van der Waals surface area contributed by atoms with Gasteiger partial charge in [0.25, 0.3) is 0 Å². The average Bonchev–Trinajstić information content (AvgIpc) is 3.25. The summed E-state index contributed by atoms with van der Waals surface area (Å²) in [6, 6.07) is 9.59. The zero-order valence-corrected chi connectivity index (χ0v) is 44.0. The molecule has 404 valence electrons. The second-order valence-corrected chi connectivity index (χ2v) is 25.5. The second kappa shape index (κ2) is 25.5. The van der Waals surface area contributed by atoms with E-state index in [9.17, 15) is 33.6 Å². The lowest BCUT2D eigenvalue weighted by Gasteiger charge is -2.51. The van der Waals surface area contributed by atoms with E-state index in [2.05, 4.69) is 19.6 Å². The molecule has 72 heavy (non-hydrogen) atoms. The van der Waals surface area contributed by atoms with Crippen molar-refractivity contribution in [2.75, 3.05) is 26.4 Å². The topological polar surface area (TPSA) is 267 Å². The number of carbonyl (C=O) groups excluding carboxylic acids is 7. The Labute approximate surface area is 419 Å². The second-order valence-electron chi connectivity index (χ2n) is 19.9. The molecule has 0 N–H and O–H groups in total. The number of ether oxygens (including phenoxy) is 16. The molecule has 24 heteroatoms. The molecule has 0 unspecified atom stereocenters. The van der Waals surface area contributed by atoms with E-state index in [-0.39, 0.29) is 13.2 Å². The minimum atomic E-state index is -1.76. The number of carbonyl (C=O) groups is 7. The molecule has 16 atom stereocenters. The monoisotopic (exact) mass is 1040 g/mol. The summed E-state index contributed by atoms with van der Waals surface area (Å²) in [7, 11) is -1.76. The first kappa shape index (κ1) is 58.3. The largest absolute Gasteiger partial charge is 0.458 e. The van der Waals surface area contributed by atoms with Gasteiger partial charge in [-0.1, -0.05) is 50.0 Å². The molecule has 0 radical (unpaired) electrons. The molecule has 0 bridgehead atoms. The number of hydrogen-bond donors (Lipinski definition) is 0. The fraction of sp³-hybridized carbons (Fsp3) is 0.729. The Bertz CT molecular complexity index is 2020. The van der Waals surface area contributed by atoms with Gasteiger partial charge in [-0.15, -0.1) is 0 Å². The lowest BCUT2D eigenvalue weighted by Crippen LogP contribution is -2.68. The summed E-state index contributed by atoms with van der Waals surface area (Å²) < 4.78 is 97.3. The molecule has 4 fully saturated rings. The molecule has 0 spiro atoms. The third kappa shape index (κ3) is 17.0. The summed E-state index contributed by atoms with van der Waals surface area (Å²) >= 11 is 0. The first-order valence-corrected chi connectivity index (χ1v) is 27.4. The zero-order chi connectivity index (χ0) is 53.2. The summed E-state index contributed by atoms with van der Waals surface area (Å²) in [5.74, 6) is -5.63. The van der Waals surface area contributed by atoms with Crippen molar-refractivity contribution < 1.29 is 109 Å². The van der Waals surface area contributed by atoms with Gasteiger partial charge in [0.2, 0.25) is 0 Å². The summed E-state index contributed by atoms with van der Waals surface area (Å²) in [5, 5.41) is 0. The van der Waals surface area contributed by atoms with Gasteiger partial charge in [-0.25, -0.2) is 4.79 Å². The molecule has 0 saturated carbocycles. The van der Waals surface area contributed by atoms with Crippen LogP contribution in [0.4, 0.5) is 0 Å². The highest BCUT2D eigenvalue weighted by atomic mass is 28.3. The summed E-state index contributed by atoms with van der Waals surface area (Å²) in [6.07, 6.45) is -22.1. The van der Waals surface area contributed by atoms with Crippen LogP contribution in [0.5, 0.6) is 0 Å². The van der Waals surface area contributed by atoms with Gasteiger partial charge in [0.15, 0.2) is 61.8 Å². The van der Waals surface area contributed by atoms with Crippen molar-refractivity contribution in [1.29, 1.82) is 0 Å². The van der Waals surface area contributed by atoms with Gasteiger partial charge < -0.3 is 75.8 Å². The first-order chi connectivity index (χ1) is 33.7. The maximum absolute atomic E-state index is 13.2. The molecule has 4 heterocycles. The van der Waals surface area contributed by atoms with Crippen molar-refractivity contribution in [2.45, 2.75) is 199 Å². The van der Waals surface area contributed by atoms with Gasteiger partial charge >= 0.3 is 41.8 Å². The van der Waals surface area contributed by atoms with Gasteiger partial charge in [-0.3, -0.25) is 28.8 Å². The highest BCUT2D eigenvalue weighted by molar-refractivity contribution is 6.76. The maximum Gasteiger partial charge on any atom is 0.332 e. The van der Waals surface area contributed by atoms with E-state index >= 15 is 0 Å². The minimum Gasteiger partial charge on any atom is -0.458 e. The molecule has 0 aliphatic carbocycles. The average molecular weight is 1040 g/mol. The van der Waals surface area contributed by atoms with Crippen molar-refractivity contribution in [3.63, 3.8) is 0 Å². The third-order valence-corrected chi connectivity index (χ3v) is 12.9. The molecule has 4 aliphatic rings. The lowest BCUT2D eigenvalue weighted by molar-refractivity contribution is -0.391. The van der Waals surface area contributed by atoms with Crippen molar-refractivity contribution in [3.05, 3.63) is 35.9 Å². The molecular weight excluding hydrogens is 973 g/mol. The molecule has 1 aromatic carbocycles. The Balaban J connectivity index is 1.60. The van der Waals surface area contributed by atoms with E-state index in [0.29, 0.717) is 11.6 Å². The first-order valence-electron chi connectivity index (χ1n) is 23.7. The van der Waals surface area contributed by atoms with Crippen LogP contribution in [-0.4, -0.2) is 174 Å². The van der Waals surface area contributed by atoms with E-state index in [1.165, 1.54) is 6.92 Å². The fourth-order valence-corrected chi connectivity index (χ4v) is 9.09. The molecule has 5 rings (SSSR count). The predicted molar refractivity (Wildman–Crippen MR) is 246 cm³/mol. The molecule has 1 aromatic rings. The van der Waals surface area contributed by atoms with E-state index in [4.69, 9.17) is 75.8 Å². The van der Waals surface area contributed by atoms with Crippen LogP contribution in [-0.2, 0) is 109 Å². The van der Waals surface area contributed by atoms with Crippen molar-refractivity contribution >= 4 is 49.9 Å². The van der Waals surface area contributed by atoms with Gasteiger partial charge in [0.05, 0.1) is 19.3 Å². The maximum atomic E-state index is 13.2. The zero-order valence-electron chi connectivity index (χ0n) is 43.0. The van der Waals surface area contributed by atoms with E-state index in [1.54, 1.807) is 45.0 Å². The standard InChI is InChI=1S/C48H70O23Si/c1-24-35(61-25(2)49)39(62-26(3)50)42(65-29(6)53)46(60-24)59-22-33-37(40(63-27(4)51)43(66-30(7)54)45(67-33)56-19-20-72(11,12)13)70-47-41(64-28(5)52)38(57-23-34(55)71-48(8,9)10)36-32(68-47)21-58-44(69-36)31-17-15-14-16-18-31/h14-18,24,32-33,35-47H,19-23H2,1-13H3/t24-,32+,33+,35+,36-,37+,38-,39+,40-,41+,42-,43+,44-,45+,46+,47-/m0/s1. The third-order valence-electron chi connectivity index (χ3n) is 11.2.